The first-order valence-electron chi connectivity index (χ1n) is 13.1. The van der Waals surface area contributed by atoms with Crippen LogP contribution >= 0.6 is 0 Å². The molecule has 6 nitrogen and oxygen atoms in total. The number of hydrogen-bond donors (Lipinski definition) is 1. The molecule has 6 rings (SSSR count). The largest absolute Gasteiger partial charge is 0.478 e. The fourth-order valence-electron chi connectivity index (χ4n) is 5.90. The second-order valence-corrected chi connectivity index (χ2v) is 10.0. The Morgan fingerprint density at radius 3 is 2.39 bits per heavy atom. The van der Waals surface area contributed by atoms with Gasteiger partial charge < -0.3 is 14.9 Å². The van der Waals surface area contributed by atoms with Crippen LogP contribution in [0.2, 0.25) is 0 Å². The van der Waals surface area contributed by atoms with E-state index < -0.39 is 5.97 Å². The minimum Gasteiger partial charge on any atom is -0.478 e. The van der Waals surface area contributed by atoms with Crippen molar-refractivity contribution in [3.8, 4) is 0 Å². The number of carboxylic acids is 1. The fraction of sp³-hybridized carbons (Fsp3) is 0.219. The molecule has 3 aromatic carbocycles. The summed E-state index contributed by atoms with van der Waals surface area (Å²) in [5.41, 5.74) is 8.31. The third-order valence-corrected chi connectivity index (χ3v) is 7.77. The highest BCUT2D eigenvalue weighted by molar-refractivity contribution is 6.05. The molecular formula is C32H30N3O3+. The van der Waals surface area contributed by atoms with E-state index in [0.29, 0.717) is 0 Å². The lowest BCUT2D eigenvalue weighted by Gasteiger charge is -2.23. The van der Waals surface area contributed by atoms with E-state index in [1.807, 2.05) is 0 Å². The number of rotatable bonds is 5. The number of nitrogens with zero attached hydrogens (tertiary/aromatic N) is 3. The molecule has 0 saturated heterocycles. The van der Waals surface area contributed by atoms with Gasteiger partial charge in [-0.05, 0) is 48.6 Å². The molecule has 0 unspecified atom stereocenters. The van der Waals surface area contributed by atoms with Gasteiger partial charge in [0.25, 0.3) is 5.91 Å². The number of allylic oxidation sites excluding steroid dienone is 2. The van der Waals surface area contributed by atoms with Gasteiger partial charge in [0.1, 0.15) is 0 Å². The second kappa shape index (κ2) is 9.78. The van der Waals surface area contributed by atoms with E-state index in [1.54, 1.807) is 30.1 Å². The van der Waals surface area contributed by atoms with E-state index in [1.165, 1.54) is 28.6 Å². The topological polar surface area (TPSA) is 63.9 Å². The number of likely N-dealkylation sites (N-methyl/N-ethyl adjacent to an activating group) is 1. The van der Waals surface area contributed by atoms with E-state index in [4.69, 9.17) is 0 Å². The molecule has 1 N–H and O–H groups in total. The molecule has 0 radical (unpaired) electrons. The lowest BCUT2D eigenvalue weighted by molar-refractivity contribution is -0.423. The highest BCUT2D eigenvalue weighted by atomic mass is 16.4. The van der Waals surface area contributed by atoms with Crippen molar-refractivity contribution < 1.29 is 19.3 Å². The molecule has 190 valence electrons. The standard InChI is InChI=1S/C32H29N3O3/c1-33(31(36)26-10-4-5-11-27(26)32(37)38)30-24(20-34-18-16-22-8-2-6-12-28(22)34)14-15-25(30)21-35-19-17-23-9-3-7-13-29(23)35/h2-13,20-21H,14-19H2,1H3/p+1. The third-order valence-electron chi connectivity index (χ3n) is 7.77. The van der Waals surface area contributed by atoms with Crippen LogP contribution in [-0.4, -0.2) is 52.8 Å². The van der Waals surface area contributed by atoms with Crippen molar-refractivity contribution in [1.82, 2.24) is 4.90 Å². The minimum absolute atomic E-state index is 0.0148. The van der Waals surface area contributed by atoms with Crippen molar-refractivity contribution in [3.63, 3.8) is 0 Å². The van der Waals surface area contributed by atoms with E-state index in [0.717, 1.165) is 55.6 Å². The van der Waals surface area contributed by atoms with Gasteiger partial charge in [0.05, 0.1) is 16.8 Å². The van der Waals surface area contributed by atoms with Gasteiger partial charge in [0.15, 0.2) is 12.8 Å². The van der Waals surface area contributed by atoms with Crippen LogP contribution in [0.4, 0.5) is 11.4 Å². The number of carbonyl (C=O) groups excluding carboxylic acids is 1. The van der Waals surface area contributed by atoms with Gasteiger partial charge in [0, 0.05) is 49.1 Å². The summed E-state index contributed by atoms with van der Waals surface area (Å²) in [7, 11) is 1.76. The van der Waals surface area contributed by atoms with E-state index >= 15 is 0 Å². The Morgan fingerprint density at radius 1 is 0.868 bits per heavy atom. The van der Waals surface area contributed by atoms with E-state index in [-0.39, 0.29) is 17.0 Å². The second-order valence-electron chi connectivity index (χ2n) is 10.0. The van der Waals surface area contributed by atoms with Crippen molar-refractivity contribution >= 4 is 29.5 Å². The number of benzene rings is 3. The van der Waals surface area contributed by atoms with Crippen molar-refractivity contribution in [2.24, 2.45) is 0 Å². The average Bonchev–Trinajstić information content (AvgIpc) is 3.66. The quantitative estimate of drug-likeness (QED) is 0.471. The number of carboxylic acid groups (broad SMARTS) is 1. The molecule has 2 heterocycles. The molecule has 3 aromatic rings. The van der Waals surface area contributed by atoms with Crippen LogP contribution in [0.15, 0.2) is 95.8 Å². The van der Waals surface area contributed by atoms with Crippen LogP contribution in [0.3, 0.4) is 0 Å². The zero-order chi connectivity index (χ0) is 26.2. The maximum absolute atomic E-state index is 13.8. The van der Waals surface area contributed by atoms with Crippen molar-refractivity contribution in [2.75, 3.05) is 25.0 Å². The molecule has 1 aliphatic carbocycles. The lowest BCUT2D eigenvalue weighted by atomic mass is 10.1. The number of anilines is 1. The molecule has 1 amide bonds. The summed E-state index contributed by atoms with van der Waals surface area (Å²) in [6, 6.07) is 23.3. The normalized spacial score (nSPS) is 18.3. The molecule has 0 atom stereocenters. The molecule has 2 aliphatic heterocycles. The Morgan fingerprint density at radius 2 is 1.58 bits per heavy atom. The molecule has 0 bridgehead atoms. The molecule has 38 heavy (non-hydrogen) atoms. The van der Waals surface area contributed by atoms with Crippen LogP contribution in [0.5, 0.6) is 0 Å². The zero-order valence-electron chi connectivity index (χ0n) is 21.4. The van der Waals surface area contributed by atoms with Crippen molar-refractivity contribution in [2.45, 2.75) is 25.7 Å². The number of aromatic carboxylic acids is 1. The molecule has 3 aliphatic rings. The van der Waals surface area contributed by atoms with E-state index in [2.05, 4.69) is 70.4 Å². The first-order chi connectivity index (χ1) is 18.5. The number of fused-ring (bicyclic) bond motifs is 2. The Kier molecular flexibility index (Phi) is 6.16. The Labute approximate surface area is 222 Å². The van der Waals surface area contributed by atoms with Crippen LogP contribution in [0.1, 0.15) is 44.7 Å². The van der Waals surface area contributed by atoms with Gasteiger partial charge in [-0.15, -0.1) is 0 Å². The summed E-state index contributed by atoms with van der Waals surface area (Å²) in [6.07, 6.45) is 7.98. The number of amides is 1. The molecule has 0 aromatic heterocycles. The summed E-state index contributed by atoms with van der Waals surface area (Å²) in [6.45, 7) is 1.79. The summed E-state index contributed by atoms with van der Waals surface area (Å²) >= 11 is 0. The summed E-state index contributed by atoms with van der Waals surface area (Å²) < 4.78 is 2.28. The fourth-order valence-corrected chi connectivity index (χ4v) is 5.90. The average molecular weight is 505 g/mol. The van der Waals surface area contributed by atoms with Crippen LogP contribution in [-0.2, 0) is 12.8 Å². The molecule has 6 heteroatoms. The molecular weight excluding hydrogens is 474 g/mol. The maximum atomic E-state index is 13.8. The summed E-state index contributed by atoms with van der Waals surface area (Å²) in [5.74, 6) is -1.42. The van der Waals surface area contributed by atoms with Crippen molar-refractivity contribution in [1.29, 1.82) is 0 Å². The van der Waals surface area contributed by atoms with Crippen molar-refractivity contribution in [3.05, 3.63) is 118 Å². The number of carbonyl (C=O) groups is 2. The van der Waals surface area contributed by atoms with Gasteiger partial charge in [-0.1, -0.05) is 48.5 Å². The Hall–Kier alpha value is -4.45. The lowest BCUT2D eigenvalue weighted by Crippen LogP contribution is -2.29. The Bertz CT molecular complexity index is 1550. The van der Waals surface area contributed by atoms with Crippen LogP contribution in [0.25, 0.3) is 0 Å². The van der Waals surface area contributed by atoms with Crippen LogP contribution < -0.4 is 4.90 Å². The SMILES string of the molecule is CN(C(=O)c1ccccc1C(=O)O)C1=C(C=[N+]2CCc3ccccc32)CCC1=CN1CCc2ccccc21. The third kappa shape index (κ3) is 4.22. The van der Waals surface area contributed by atoms with Gasteiger partial charge in [-0.25, -0.2) is 4.79 Å². The van der Waals surface area contributed by atoms with Gasteiger partial charge in [-0.2, -0.15) is 4.58 Å². The summed E-state index contributed by atoms with van der Waals surface area (Å²) in [5, 5.41) is 9.72. The monoisotopic (exact) mass is 504 g/mol. The number of para-hydroxylation sites is 2. The molecule has 0 spiro atoms. The van der Waals surface area contributed by atoms with Gasteiger partial charge in [0.2, 0.25) is 5.69 Å². The van der Waals surface area contributed by atoms with E-state index in [9.17, 15) is 14.7 Å². The first kappa shape index (κ1) is 23.9. The smallest absolute Gasteiger partial charge is 0.336 e. The predicted molar refractivity (Wildman–Crippen MR) is 148 cm³/mol. The summed E-state index contributed by atoms with van der Waals surface area (Å²) in [4.78, 5) is 29.6. The maximum Gasteiger partial charge on any atom is 0.336 e. The minimum atomic E-state index is -1.10. The first-order valence-corrected chi connectivity index (χ1v) is 13.1. The number of hydrogen-bond acceptors (Lipinski definition) is 3. The zero-order valence-corrected chi connectivity index (χ0v) is 21.4. The predicted octanol–water partition coefficient (Wildman–Crippen LogP) is 5.42. The highest BCUT2D eigenvalue weighted by Crippen LogP contribution is 2.37. The van der Waals surface area contributed by atoms with Gasteiger partial charge in [-0.3, -0.25) is 4.79 Å². The van der Waals surface area contributed by atoms with Crippen LogP contribution in [0, 0.1) is 0 Å². The van der Waals surface area contributed by atoms with Gasteiger partial charge >= 0.3 is 5.97 Å². The highest BCUT2D eigenvalue weighted by Gasteiger charge is 2.32. The molecule has 0 saturated carbocycles. The Balaban J connectivity index is 1.44. The molecule has 0 fully saturated rings.